The van der Waals surface area contributed by atoms with Gasteiger partial charge in [0.05, 0.1) is 0 Å². The molecule has 0 saturated carbocycles. The molecule has 0 radical (unpaired) electrons. The van der Waals surface area contributed by atoms with Crippen molar-refractivity contribution in [3.05, 3.63) is 0 Å². The lowest BCUT2D eigenvalue weighted by Crippen LogP contribution is -2.56. The highest BCUT2D eigenvalue weighted by Gasteiger charge is 2.52. The maximum absolute atomic E-state index is 2.60. The van der Waals surface area contributed by atoms with E-state index in [0.29, 0.717) is 0 Å². The summed E-state index contributed by atoms with van der Waals surface area (Å²) >= 11 is 2.17. The summed E-state index contributed by atoms with van der Waals surface area (Å²) in [7, 11) is -1.99. The van der Waals surface area contributed by atoms with Crippen molar-refractivity contribution in [3.8, 4) is 0 Å². The van der Waals surface area contributed by atoms with Crippen molar-refractivity contribution in [2.75, 3.05) is 11.5 Å². The van der Waals surface area contributed by atoms with Crippen LogP contribution in [-0.2, 0) is 0 Å². The van der Waals surface area contributed by atoms with E-state index in [9.17, 15) is 0 Å². The van der Waals surface area contributed by atoms with Crippen LogP contribution in [0.25, 0.3) is 0 Å². The van der Waals surface area contributed by atoms with Crippen LogP contribution in [0, 0.1) is 0 Å². The topological polar surface area (TPSA) is 0 Å². The molecule has 0 aromatic rings. The Kier molecular flexibility index (Phi) is 3.66. The van der Waals surface area contributed by atoms with Gasteiger partial charge in [0.25, 0.3) is 0 Å². The lowest BCUT2D eigenvalue weighted by atomic mass is 10.2. The number of thioether (sulfide) groups is 1. The van der Waals surface area contributed by atoms with Crippen molar-refractivity contribution >= 4 is 27.9 Å². The largest absolute Gasteiger partial charge is 0.162 e. The Morgan fingerprint density at radius 2 is 1.14 bits per heavy atom. The maximum atomic E-state index is 2.60. The summed E-state index contributed by atoms with van der Waals surface area (Å²) in [6.45, 7) is 15.6. The van der Waals surface area contributed by atoms with Crippen molar-refractivity contribution in [1.82, 2.24) is 0 Å². The average Bonchev–Trinajstić information content (AvgIpc) is 2.02. The van der Waals surface area contributed by atoms with Crippen molar-refractivity contribution < 1.29 is 0 Å². The summed E-state index contributed by atoms with van der Waals surface area (Å²) in [5.74, 6) is 2.85. The number of hydrogen-bond acceptors (Lipinski definition) is 1. The Morgan fingerprint density at radius 3 is 1.36 bits per heavy atom. The highest BCUT2D eigenvalue weighted by atomic mass is 32.2. The minimum atomic E-state index is -0.994. The van der Waals surface area contributed by atoms with Crippen molar-refractivity contribution in [2.45, 2.75) is 56.8 Å². The molecule has 14 heavy (non-hydrogen) atoms. The molecule has 0 spiro atoms. The molecule has 0 nitrogen and oxygen atoms in total. The number of hydrogen-bond donors (Lipinski definition) is 0. The first kappa shape index (κ1) is 12.9. The minimum Gasteiger partial charge on any atom is -0.162 e. The van der Waals surface area contributed by atoms with Gasteiger partial charge < -0.3 is 0 Å². The van der Waals surface area contributed by atoms with E-state index in [1.54, 1.807) is 0 Å². The summed E-state index contributed by atoms with van der Waals surface area (Å²) in [4.78, 5) is 0. The van der Waals surface area contributed by atoms with E-state index >= 15 is 0 Å². The Morgan fingerprint density at radius 1 is 0.786 bits per heavy atom. The Hall–Kier alpha value is 0.784. The summed E-state index contributed by atoms with van der Waals surface area (Å²) in [5, 5.41) is 0. The molecule has 0 atom stereocenters. The molecule has 0 aromatic carbocycles. The monoisotopic (exact) mass is 246 g/mol. The highest BCUT2D eigenvalue weighted by molar-refractivity contribution is 7.99. The van der Waals surface area contributed by atoms with Gasteiger partial charge in [-0.05, 0) is 29.0 Å². The third-order valence-electron chi connectivity index (χ3n) is 4.22. The van der Waals surface area contributed by atoms with Gasteiger partial charge in [0.15, 0.2) is 0 Å². The molecule has 0 aromatic heterocycles. The van der Waals surface area contributed by atoms with Crippen LogP contribution in [0.2, 0.25) is 43.9 Å². The molecule has 1 aliphatic heterocycles. The Balaban J connectivity index is 3.01. The van der Waals surface area contributed by atoms with E-state index in [2.05, 4.69) is 51.0 Å². The van der Waals surface area contributed by atoms with Gasteiger partial charge in [-0.25, -0.2) is 0 Å². The third-order valence-corrected chi connectivity index (χ3v) is 16.4. The zero-order valence-corrected chi connectivity index (χ0v) is 13.6. The molecule has 84 valence electrons. The van der Waals surface area contributed by atoms with Crippen LogP contribution in [0.3, 0.4) is 0 Å². The van der Waals surface area contributed by atoms with Gasteiger partial charge >= 0.3 is 0 Å². The zero-order valence-electron chi connectivity index (χ0n) is 10.7. The van der Waals surface area contributed by atoms with Crippen LogP contribution in [0.5, 0.6) is 0 Å². The van der Waals surface area contributed by atoms with Crippen LogP contribution in [0.1, 0.15) is 12.8 Å². The van der Waals surface area contributed by atoms with Gasteiger partial charge in [0.1, 0.15) is 0 Å². The molecule has 0 aliphatic carbocycles. The van der Waals surface area contributed by atoms with Gasteiger partial charge in [-0.2, -0.15) is 11.8 Å². The first-order valence-electron chi connectivity index (χ1n) is 5.78. The molecule has 0 N–H and O–H groups in total. The fourth-order valence-corrected chi connectivity index (χ4v) is 17.8. The first-order chi connectivity index (χ1) is 6.21. The van der Waals surface area contributed by atoms with Gasteiger partial charge in [0.2, 0.25) is 0 Å². The molecule has 1 saturated heterocycles. The molecule has 1 heterocycles. The molecule has 3 heteroatoms. The lowest BCUT2D eigenvalue weighted by molar-refractivity contribution is 0.636. The van der Waals surface area contributed by atoms with E-state index in [1.807, 2.05) is 0 Å². The second-order valence-electron chi connectivity index (χ2n) is 6.69. The van der Waals surface area contributed by atoms with Crippen LogP contribution in [0.4, 0.5) is 0 Å². The zero-order chi connectivity index (χ0) is 11.0. The summed E-state index contributed by atoms with van der Waals surface area (Å²) in [5.41, 5.74) is 0. The van der Waals surface area contributed by atoms with E-state index in [4.69, 9.17) is 0 Å². The summed E-state index contributed by atoms with van der Waals surface area (Å²) in [6.07, 6.45) is 3.03. The minimum absolute atomic E-state index is 0.811. The van der Waals surface area contributed by atoms with Crippen LogP contribution >= 0.6 is 11.8 Å². The standard InChI is InChI=1S/C11H26SSi2/c1-13(2,3)11(14(4,5)6)7-9-12-10-8-11/h7-10H2,1-6H3. The molecule has 1 rings (SSSR count). The van der Waals surface area contributed by atoms with Gasteiger partial charge in [-0.15, -0.1) is 0 Å². The van der Waals surface area contributed by atoms with E-state index < -0.39 is 16.1 Å². The maximum Gasteiger partial charge on any atom is 0.0479 e. The molecular weight excluding hydrogens is 220 g/mol. The first-order valence-corrected chi connectivity index (χ1v) is 13.9. The van der Waals surface area contributed by atoms with E-state index in [0.717, 1.165) is 4.66 Å². The van der Waals surface area contributed by atoms with Crippen molar-refractivity contribution in [1.29, 1.82) is 0 Å². The van der Waals surface area contributed by atoms with Crippen molar-refractivity contribution in [2.24, 2.45) is 0 Å². The van der Waals surface area contributed by atoms with E-state index in [1.165, 1.54) is 24.3 Å². The predicted octanol–water partition coefficient (Wildman–Crippen LogP) is 4.47. The lowest BCUT2D eigenvalue weighted by Gasteiger charge is -2.54. The smallest absolute Gasteiger partial charge is 0.0479 e. The van der Waals surface area contributed by atoms with Crippen molar-refractivity contribution in [3.63, 3.8) is 0 Å². The normalized spacial score (nSPS) is 23.6. The Labute approximate surface area is 96.3 Å². The molecule has 1 fully saturated rings. The summed E-state index contributed by atoms with van der Waals surface area (Å²) < 4.78 is 0.811. The SMILES string of the molecule is C[Si](C)(C)C1([Si](C)(C)C)CCSCC1. The fourth-order valence-electron chi connectivity index (χ4n) is 3.34. The van der Waals surface area contributed by atoms with Gasteiger partial charge in [-0.3, -0.25) is 0 Å². The second kappa shape index (κ2) is 3.98. The second-order valence-corrected chi connectivity index (χ2v) is 19.3. The van der Waals surface area contributed by atoms with Crippen LogP contribution in [0.15, 0.2) is 0 Å². The van der Waals surface area contributed by atoms with E-state index in [-0.39, 0.29) is 0 Å². The molecule has 0 bridgehead atoms. The quantitative estimate of drug-likeness (QED) is 0.648. The predicted molar refractivity (Wildman–Crippen MR) is 75.9 cm³/mol. The van der Waals surface area contributed by atoms with Gasteiger partial charge in [0, 0.05) is 16.1 Å². The summed E-state index contributed by atoms with van der Waals surface area (Å²) in [6, 6.07) is 0. The van der Waals surface area contributed by atoms with Crippen LogP contribution in [-0.4, -0.2) is 27.7 Å². The molecule has 0 amide bonds. The number of rotatable bonds is 2. The average molecular weight is 247 g/mol. The van der Waals surface area contributed by atoms with Gasteiger partial charge in [-0.1, -0.05) is 39.3 Å². The fraction of sp³-hybridized carbons (Fsp3) is 1.00. The highest BCUT2D eigenvalue weighted by Crippen LogP contribution is 2.55. The van der Waals surface area contributed by atoms with Crippen LogP contribution < -0.4 is 0 Å². The molecule has 1 aliphatic rings. The Bertz CT molecular complexity index is 178. The molecule has 0 unspecified atom stereocenters. The molecular formula is C11H26SSi2. The third kappa shape index (κ3) is 2.14.